The van der Waals surface area contributed by atoms with Gasteiger partial charge in [0.2, 0.25) is 0 Å². The quantitative estimate of drug-likeness (QED) is 0.826. The molecule has 2 aromatic carbocycles. The van der Waals surface area contributed by atoms with Crippen molar-refractivity contribution >= 4 is 18.5 Å². The molecular formula is C21H21ClN2O3. The number of ether oxygens (including phenoxy) is 1. The molecule has 5 rings (SSSR count). The highest BCUT2D eigenvalue weighted by Crippen LogP contribution is 2.44. The van der Waals surface area contributed by atoms with Crippen LogP contribution in [0.25, 0.3) is 11.1 Å². The predicted molar refractivity (Wildman–Crippen MR) is 105 cm³/mol. The summed E-state index contributed by atoms with van der Waals surface area (Å²) in [7, 11) is 0. The molecule has 1 saturated heterocycles. The van der Waals surface area contributed by atoms with Crippen LogP contribution in [-0.2, 0) is 4.74 Å². The number of hydrogen-bond acceptors (Lipinski definition) is 4. The number of carbonyl (C=O) groups is 1. The van der Waals surface area contributed by atoms with E-state index in [1.165, 1.54) is 22.3 Å². The van der Waals surface area contributed by atoms with E-state index in [2.05, 4.69) is 29.6 Å². The van der Waals surface area contributed by atoms with Gasteiger partial charge in [-0.1, -0.05) is 48.5 Å². The summed E-state index contributed by atoms with van der Waals surface area (Å²) in [6, 6.07) is 16.6. The van der Waals surface area contributed by atoms with Crippen LogP contribution in [0.2, 0.25) is 0 Å². The molecule has 1 atom stereocenters. The second kappa shape index (κ2) is 6.91. The van der Waals surface area contributed by atoms with E-state index < -0.39 is 0 Å². The molecule has 0 aromatic heterocycles. The van der Waals surface area contributed by atoms with Crippen LogP contribution < -0.4 is 5.32 Å². The van der Waals surface area contributed by atoms with E-state index in [1.54, 1.807) is 4.90 Å². The molecule has 2 aromatic rings. The third kappa shape index (κ3) is 2.78. The Balaban J connectivity index is 0.00000180. The van der Waals surface area contributed by atoms with Crippen molar-refractivity contribution in [1.29, 1.82) is 0 Å². The number of aliphatic hydroxyl groups is 1. The number of nitrogens with zero attached hydrogens (tertiary/aromatic N) is 1. The van der Waals surface area contributed by atoms with Crippen LogP contribution in [0.5, 0.6) is 0 Å². The molecule has 3 aliphatic rings. The van der Waals surface area contributed by atoms with Crippen molar-refractivity contribution < 1.29 is 14.6 Å². The summed E-state index contributed by atoms with van der Waals surface area (Å²) in [4.78, 5) is 14.2. The topological polar surface area (TPSA) is 61.8 Å². The van der Waals surface area contributed by atoms with Gasteiger partial charge in [-0.15, -0.1) is 12.4 Å². The van der Waals surface area contributed by atoms with Gasteiger partial charge in [0.25, 0.3) is 0 Å². The molecule has 27 heavy (non-hydrogen) atoms. The fourth-order valence-electron chi connectivity index (χ4n) is 4.43. The molecule has 6 heteroatoms. The first-order chi connectivity index (χ1) is 12.7. The van der Waals surface area contributed by atoms with Gasteiger partial charge in [-0.2, -0.15) is 0 Å². The summed E-state index contributed by atoms with van der Waals surface area (Å²) in [5.41, 5.74) is 5.51. The third-order valence-electron chi connectivity index (χ3n) is 5.63. The Labute approximate surface area is 164 Å². The number of likely N-dealkylation sites (tertiary alicyclic amines) is 1. The first kappa shape index (κ1) is 17.9. The highest BCUT2D eigenvalue weighted by atomic mass is 35.5. The molecule has 1 unspecified atom stereocenters. The van der Waals surface area contributed by atoms with E-state index in [0.717, 1.165) is 6.42 Å². The number of halogens is 1. The van der Waals surface area contributed by atoms with Crippen LogP contribution in [0.15, 0.2) is 60.0 Å². The van der Waals surface area contributed by atoms with E-state index >= 15 is 0 Å². The van der Waals surface area contributed by atoms with E-state index in [9.17, 15) is 9.90 Å². The Morgan fingerprint density at radius 1 is 1.11 bits per heavy atom. The van der Waals surface area contributed by atoms with Gasteiger partial charge >= 0.3 is 6.09 Å². The van der Waals surface area contributed by atoms with Crippen LogP contribution in [0.3, 0.4) is 0 Å². The Hall–Kier alpha value is -2.50. The molecule has 5 nitrogen and oxygen atoms in total. The predicted octanol–water partition coefficient (Wildman–Crippen LogP) is 3.80. The summed E-state index contributed by atoms with van der Waals surface area (Å²) in [5.74, 6) is 0.301. The van der Waals surface area contributed by atoms with Crippen molar-refractivity contribution in [3.63, 3.8) is 0 Å². The monoisotopic (exact) mass is 384 g/mol. The number of benzene rings is 2. The maximum Gasteiger partial charge on any atom is 0.414 e. The lowest BCUT2D eigenvalue weighted by Crippen LogP contribution is -2.30. The van der Waals surface area contributed by atoms with E-state index in [-0.39, 0.29) is 36.2 Å². The second-order valence-corrected chi connectivity index (χ2v) is 7.01. The Kier molecular flexibility index (Phi) is 4.58. The molecule has 2 N–H and O–H groups in total. The minimum absolute atomic E-state index is 0. The van der Waals surface area contributed by atoms with E-state index in [0.29, 0.717) is 25.4 Å². The van der Waals surface area contributed by atoms with Crippen molar-refractivity contribution in [2.45, 2.75) is 18.4 Å². The van der Waals surface area contributed by atoms with Crippen molar-refractivity contribution in [3.05, 3.63) is 71.1 Å². The standard InChI is InChI=1S/C21H20N2O3.ClH/c24-19-11-22-18-9-10-23(20(18)19)21(25)26-12-17-15-7-3-1-5-13(15)14-6-2-4-8-16(14)17;/h1-8,17-18,22,24H,9-12H2;1H. The zero-order valence-electron chi connectivity index (χ0n) is 14.7. The highest BCUT2D eigenvalue weighted by molar-refractivity contribution is 5.85. The SMILES string of the molecule is Cl.O=C(OCC1c2ccccc2-c2ccccc21)N1CCC2NCC(O)=C21. The van der Waals surface area contributed by atoms with Gasteiger partial charge in [0.1, 0.15) is 12.4 Å². The largest absolute Gasteiger partial charge is 0.509 e. The van der Waals surface area contributed by atoms with Crippen molar-refractivity contribution in [2.75, 3.05) is 19.7 Å². The molecule has 0 saturated carbocycles. The van der Waals surface area contributed by atoms with E-state index in [1.807, 2.05) is 24.3 Å². The number of amides is 1. The Morgan fingerprint density at radius 2 is 1.74 bits per heavy atom. The number of aliphatic hydroxyl groups excluding tert-OH is 1. The average Bonchev–Trinajstić information content (AvgIpc) is 3.34. The average molecular weight is 385 g/mol. The van der Waals surface area contributed by atoms with Gasteiger partial charge in [0.15, 0.2) is 0 Å². The summed E-state index contributed by atoms with van der Waals surface area (Å²) in [6.07, 6.45) is 0.434. The summed E-state index contributed by atoms with van der Waals surface area (Å²) in [5, 5.41) is 13.2. The highest BCUT2D eigenvalue weighted by Gasteiger charge is 2.39. The van der Waals surface area contributed by atoms with Crippen LogP contribution in [-0.4, -0.2) is 41.8 Å². The molecule has 0 spiro atoms. The summed E-state index contributed by atoms with van der Waals surface area (Å²) < 4.78 is 5.69. The minimum Gasteiger partial charge on any atom is -0.509 e. The lowest BCUT2D eigenvalue weighted by atomic mass is 9.98. The van der Waals surface area contributed by atoms with Crippen molar-refractivity contribution in [3.8, 4) is 11.1 Å². The molecule has 140 valence electrons. The fraction of sp³-hybridized carbons (Fsp3) is 0.286. The molecule has 0 radical (unpaired) electrons. The van der Waals surface area contributed by atoms with Crippen LogP contribution in [0, 0.1) is 0 Å². The lowest BCUT2D eigenvalue weighted by Gasteiger charge is -2.20. The second-order valence-electron chi connectivity index (χ2n) is 7.01. The number of nitrogens with one attached hydrogen (secondary N) is 1. The van der Waals surface area contributed by atoms with Crippen LogP contribution >= 0.6 is 12.4 Å². The number of hydrogen-bond donors (Lipinski definition) is 2. The summed E-state index contributed by atoms with van der Waals surface area (Å²) in [6.45, 7) is 1.30. The van der Waals surface area contributed by atoms with Crippen molar-refractivity contribution in [1.82, 2.24) is 10.2 Å². The molecule has 1 amide bonds. The van der Waals surface area contributed by atoms with Gasteiger partial charge in [-0.05, 0) is 28.7 Å². The van der Waals surface area contributed by atoms with Gasteiger partial charge in [-0.3, -0.25) is 4.90 Å². The lowest BCUT2D eigenvalue weighted by molar-refractivity contribution is 0.113. The van der Waals surface area contributed by atoms with Gasteiger partial charge in [0.05, 0.1) is 18.3 Å². The molecule has 2 aliphatic heterocycles. The van der Waals surface area contributed by atoms with Gasteiger partial charge in [0, 0.05) is 12.5 Å². The van der Waals surface area contributed by atoms with Crippen LogP contribution in [0.4, 0.5) is 4.79 Å². The number of carbonyl (C=O) groups excluding carboxylic acids is 1. The molecule has 0 bridgehead atoms. The normalized spacial score (nSPS) is 20.1. The van der Waals surface area contributed by atoms with E-state index in [4.69, 9.17) is 4.74 Å². The smallest absolute Gasteiger partial charge is 0.414 e. The number of rotatable bonds is 2. The zero-order valence-corrected chi connectivity index (χ0v) is 15.5. The molecule has 2 heterocycles. The van der Waals surface area contributed by atoms with Crippen LogP contribution in [0.1, 0.15) is 23.5 Å². The first-order valence-electron chi connectivity index (χ1n) is 9.02. The van der Waals surface area contributed by atoms with Crippen molar-refractivity contribution in [2.24, 2.45) is 0 Å². The zero-order chi connectivity index (χ0) is 17.7. The third-order valence-corrected chi connectivity index (χ3v) is 5.63. The maximum absolute atomic E-state index is 12.6. The molecule has 1 aliphatic carbocycles. The molecular weight excluding hydrogens is 364 g/mol. The fourth-order valence-corrected chi connectivity index (χ4v) is 4.43. The Bertz CT molecular complexity index is 882. The Morgan fingerprint density at radius 3 is 2.41 bits per heavy atom. The first-order valence-corrected chi connectivity index (χ1v) is 9.02. The molecule has 1 fully saturated rings. The number of fused-ring (bicyclic) bond motifs is 4. The van der Waals surface area contributed by atoms with Gasteiger partial charge in [-0.25, -0.2) is 4.79 Å². The summed E-state index contributed by atoms with van der Waals surface area (Å²) >= 11 is 0. The maximum atomic E-state index is 12.6. The minimum atomic E-state index is -0.375. The van der Waals surface area contributed by atoms with Gasteiger partial charge < -0.3 is 15.2 Å².